The van der Waals surface area contributed by atoms with Crippen LogP contribution in [0, 0.1) is 11.3 Å². The van der Waals surface area contributed by atoms with Crippen molar-refractivity contribution in [1.29, 1.82) is 0 Å². The summed E-state index contributed by atoms with van der Waals surface area (Å²) in [6, 6.07) is 0.343. The molecule has 3 heteroatoms. The summed E-state index contributed by atoms with van der Waals surface area (Å²) in [5, 5.41) is 10.4. The fourth-order valence-electron chi connectivity index (χ4n) is 3.60. The molecule has 1 heterocycles. The maximum absolute atomic E-state index is 10.4. The van der Waals surface area contributed by atoms with E-state index in [0.717, 1.165) is 44.9 Å². The minimum atomic E-state index is -0.144. The lowest BCUT2D eigenvalue weighted by Crippen LogP contribution is -2.54. The van der Waals surface area contributed by atoms with Crippen LogP contribution < -0.4 is 0 Å². The summed E-state index contributed by atoms with van der Waals surface area (Å²) in [6.07, 6.45) is 4.55. The predicted octanol–water partition coefficient (Wildman–Crippen LogP) is 2.67. The van der Waals surface area contributed by atoms with E-state index in [0.29, 0.717) is 17.6 Å². The van der Waals surface area contributed by atoms with Crippen LogP contribution in [0.3, 0.4) is 0 Å². The van der Waals surface area contributed by atoms with Crippen LogP contribution in [0.25, 0.3) is 0 Å². The summed E-state index contributed by atoms with van der Waals surface area (Å²) in [5.74, 6) is 0.726. The Hall–Kier alpha value is -0.120. The summed E-state index contributed by atoms with van der Waals surface area (Å²) in [5.41, 5.74) is 0.356. The van der Waals surface area contributed by atoms with Gasteiger partial charge in [0, 0.05) is 19.1 Å². The number of aliphatic hydroxyl groups is 1. The van der Waals surface area contributed by atoms with Crippen LogP contribution in [-0.4, -0.2) is 48.0 Å². The van der Waals surface area contributed by atoms with Gasteiger partial charge in [-0.05, 0) is 37.0 Å². The maximum Gasteiger partial charge on any atom is 0.0700 e. The van der Waals surface area contributed by atoms with Crippen LogP contribution in [0.1, 0.15) is 53.4 Å². The van der Waals surface area contributed by atoms with Crippen molar-refractivity contribution in [2.45, 2.75) is 71.6 Å². The highest BCUT2D eigenvalue weighted by molar-refractivity contribution is 4.92. The number of rotatable bonds is 2. The van der Waals surface area contributed by atoms with Crippen molar-refractivity contribution in [1.82, 2.24) is 4.90 Å². The normalized spacial score (nSPS) is 38.4. The van der Waals surface area contributed by atoms with Crippen molar-refractivity contribution in [2.24, 2.45) is 11.3 Å². The van der Waals surface area contributed by atoms with E-state index in [9.17, 15) is 5.11 Å². The molecular weight excluding hydrogens is 238 g/mol. The van der Waals surface area contributed by atoms with E-state index < -0.39 is 0 Å². The van der Waals surface area contributed by atoms with Crippen LogP contribution in [0.4, 0.5) is 0 Å². The summed E-state index contributed by atoms with van der Waals surface area (Å²) >= 11 is 0. The standard InChI is InChI=1S/C16H31NO2/c1-5-13-11-17(8-9-19-13)14-10-12(16(2,3)4)6-7-15(14)18/h12-15,18H,5-11H2,1-4H3. The highest BCUT2D eigenvalue weighted by atomic mass is 16.5. The zero-order valence-corrected chi connectivity index (χ0v) is 13.1. The van der Waals surface area contributed by atoms with Crippen molar-refractivity contribution in [3.63, 3.8) is 0 Å². The maximum atomic E-state index is 10.4. The summed E-state index contributed by atoms with van der Waals surface area (Å²) < 4.78 is 5.75. The van der Waals surface area contributed by atoms with E-state index in [-0.39, 0.29) is 6.10 Å². The molecule has 0 aromatic rings. The van der Waals surface area contributed by atoms with Gasteiger partial charge in [0.15, 0.2) is 0 Å². The molecular formula is C16H31NO2. The molecule has 2 aliphatic rings. The lowest BCUT2D eigenvalue weighted by Gasteiger charge is -2.46. The van der Waals surface area contributed by atoms with E-state index in [4.69, 9.17) is 4.74 Å². The summed E-state index contributed by atoms with van der Waals surface area (Å²) in [6.45, 7) is 12.0. The molecule has 1 N–H and O–H groups in total. The molecule has 2 fully saturated rings. The number of hydrogen-bond acceptors (Lipinski definition) is 3. The van der Waals surface area contributed by atoms with Gasteiger partial charge in [-0.2, -0.15) is 0 Å². The number of hydrogen-bond donors (Lipinski definition) is 1. The lowest BCUT2D eigenvalue weighted by atomic mass is 9.70. The van der Waals surface area contributed by atoms with Gasteiger partial charge in [-0.1, -0.05) is 27.7 Å². The molecule has 0 aromatic carbocycles. The zero-order valence-electron chi connectivity index (χ0n) is 13.1. The highest BCUT2D eigenvalue weighted by Gasteiger charge is 2.39. The molecule has 4 unspecified atom stereocenters. The van der Waals surface area contributed by atoms with E-state index in [1.807, 2.05) is 0 Å². The number of aliphatic hydroxyl groups excluding tert-OH is 1. The predicted molar refractivity (Wildman–Crippen MR) is 78.2 cm³/mol. The van der Waals surface area contributed by atoms with Gasteiger partial charge in [0.25, 0.3) is 0 Å². The smallest absolute Gasteiger partial charge is 0.0700 e. The van der Waals surface area contributed by atoms with Crippen molar-refractivity contribution < 1.29 is 9.84 Å². The Morgan fingerprint density at radius 3 is 2.63 bits per heavy atom. The first-order valence-corrected chi connectivity index (χ1v) is 7.95. The van der Waals surface area contributed by atoms with Gasteiger partial charge in [-0.15, -0.1) is 0 Å². The fourth-order valence-corrected chi connectivity index (χ4v) is 3.60. The van der Waals surface area contributed by atoms with Gasteiger partial charge in [0.1, 0.15) is 0 Å². The second-order valence-corrected chi connectivity index (χ2v) is 7.41. The third kappa shape index (κ3) is 3.71. The molecule has 19 heavy (non-hydrogen) atoms. The third-order valence-corrected chi connectivity index (χ3v) is 5.10. The van der Waals surface area contributed by atoms with Crippen LogP contribution in [0.5, 0.6) is 0 Å². The number of nitrogens with zero attached hydrogens (tertiary/aromatic N) is 1. The first-order chi connectivity index (χ1) is 8.91. The van der Waals surface area contributed by atoms with Crippen molar-refractivity contribution >= 4 is 0 Å². The SMILES string of the molecule is CCC1CN(C2CC(C(C)(C)C)CCC2O)CCO1. The lowest BCUT2D eigenvalue weighted by molar-refractivity contribution is -0.0858. The van der Waals surface area contributed by atoms with Gasteiger partial charge in [-0.25, -0.2) is 0 Å². The molecule has 112 valence electrons. The Balaban J connectivity index is 2.00. The zero-order chi connectivity index (χ0) is 14.0. The van der Waals surface area contributed by atoms with Gasteiger partial charge >= 0.3 is 0 Å². The second-order valence-electron chi connectivity index (χ2n) is 7.41. The first kappa shape index (κ1) is 15.3. The van der Waals surface area contributed by atoms with Gasteiger partial charge in [0.05, 0.1) is 18.8 Å². The Kier molecular flexibility index (Phi) is 4.91. The van der Waals surface area contributed by atoms with E-state index in [2.05, 4.69) is 32.6 Å². The van der Waals surface area contributed by atoms with Crippen LogP contribution >= 0.6 is 0 Å². The van der Waals surface area contributed by atoms with Gasteiger partial charge in [0.2, 0.25) is 0 Å². The Labute approximate surface area is 118 Å². The van der Waals surface area contributed by atoms with E-state index in [1.165, 1.54) is 6.42 Å². The largest absolute Gasteiger partial charge is 0.391 e. The minimum absolute atomic E-state index is 0.144. The van der Waals surface area contributed by atoms with Gasteiger partial charge in [-0.3, -0.25) is 4.90 Å². The average molecular weight is 269 g/mol. The second kappa shape index (κ2) is 6.11. The molecule has 3 nitrogen and oxygen atoms in total. The van der Waals surface area contributed by atoms with E-state index >= 15 is 0 Å². The summed E-state index contributed by atoms with van der Waals surface area (Å²) in [4.78, 5) is 2.49. The molecule has 1 saturated heterocycles. The number of morpholine rings is 1. The fraction of sp³-hybridized carbons (Fsp3) is 1.00. The molecule has 4 atom stereocenters. The Morgan fingerprint density at radius 2 is 2.00 bits per heavy atom. The molecule has 0 bridgehead atoms. The molecule has 2 rings (SSSR count). The Morgan fingerprint density at radius 1 is 1.26 bits per heavy atom. The quantitative estimate of drug-likeness (QED) is 0.836. The summed E-state index contributed by atoms with van der Waals surface area (Å²) in [7, 11) is 0. The first-order valence-electron chi connectivity index (χ1n) is 7.95. The monoisotopic (exact) mass is 269 g/mol. The van der Waals surface area contributed by atoms with Crippen LogP contribution in [-0.2, 0) is 4.74 Å². The van der Waals surface area contributed by atoms with Crippen molar-refractivity contribution in [3.8, 4) is 0 Å². The molecule has 1 aliphatic carbocycles. The topological polar surface area (TPSA) is 32.7 Å². The Bertz CT molecular complexity index is 287. The van der Waals surface area contributed by atoms with Crippen LogP contribution in [0.15, 0.2) is 0 Å². The third-order valence-electron chi connectivity index (χ3n) is 5.10. The van der Waals surface area contributed by atoms with Gasteiger partial charge < -0.3 is 9.84 Å². The number of ether oxygens (including phenoxy) is 1. The molecule has 1 aliphatic heterocycles. The molecule has 0 aromatic heterocycles. The average Bonchev–Trinajstić information content (AvgIpc) is 2.38. The molecule has 0 spiro atoms. The van der Waals surface area contributed by atoms with E-state index in [1.54, 1.807) is 0 Å². The molecule has 0 radical (unpaired) electrons. The highest BCUT2D eigenvalue weighted by Crippen LogP contribution is 2.39. The van der Waals surface area contributed by atoms with Crippen molar-refractivity contribution in [3.05, 3.63) is 0 Å². The van der Waals surface area contributed by atoms with Crippen molar-refractivity contribution in [2.75, 3.05) is 19.7 Å². The van der Waals surface area contributed by atoms with Crippen LogP contribution in [0.2, 0.25) is 0 Å². The minimum Gasteiger partial charge on any atom is -0.391 e. The molecule has 1 saturated carbocycles. The molecule has 0 amide bonds.